The number of carbonyl (C=O) groups excluding carboxylic acids is 1. The molecule has 1 atom stereocenters. The Morgan fingerprint density at radius 1 is 1.41 bits per heavy atom. The van der Waals surface area contributed by atoms with Crippen LogP contribution in [0.3, 0.4) is 0 Å². The van der Waals surface area contributed by atoms with Crippen LogP contribution in [0, 0.1) is 0 Å². The van der Waals surface area contributed by atoms with E-state index in [1.54, 1.807) is 6.20 Å². The highest BCUT2D eigenvalue weighted by Gasteiger charge is 2.24. The summed E-state index contributed by atoms with van der Waals surface area (Å²) in [6.45, 7) is 7.04. The molecule has 3 heterocycles. The van der Waals surface area contributed by atoms with E-state index in [-0.39, 0.29) is 11.9 Å². The van der Waals surface area contributed by atoms with Crippen molar-refractivity contribution in [1.82, 2.24) is 10.3 Å². The van der Waals surface area contributed by atoms with Crippen LogP contribution in [0.15, 0.2) is 49.2 Å². The number of benzene rings is 1. The molecule has 0 spiro atoms. The number of amides is 1. The van der Waals surface area contributed by atoms with Crippen molar-refractivity contribution in [2.45, 2.75) is 19.4 Å². The van der Waals surface area contributed by atoms with Gasteiger partial charge in [0.25, 0.3) is 5.91 Å². The molecule has 1 aromatic carbocycles. The van der Waals surface area contributed by atoms with Crippen molar-refractivity contribution in [3.05, 3.63) is 65.2 Å². The second-order valence-corrected chi connectivity index (χ2v) is 7.29. The Bertz CT molecular complexity index is 1010. The lowest BCUT2D eigenvalue weighted by Crippen LogP contribution is -2.31. The number of hydrogen-bond acceptors (Lipinski definition) is 5. The molecule has 1 N–H and O–H groups in total. The number of nitrogens with one attached hydrogen (secondary N) is 1. The predicted molar refractivity (Wildman–Crippen MR) is 107 cm³/mol. The average molecular weight is 380 g/mol. The Morgan fingerprint density at radius 3 is 3.11 bits per heavy atom. The number of para-hydroxylation sites is 1. The molecule has 0 saturated carbocycles. The molecule has 0 radical (unpaired) electrons. The van der Waals surface area contributed by atoms with E-state index in [9.17, 15) is 4.79 Å². The van der Waals surface area contributed by atoms with Gasteiger partial charge >= 0.3 is 0 Å². The molecule has 27 heavy (non-hydrogen) atoms. The summed E-state index contributed by atoms with van der Waals surface area (Å²) in [6.07, 6.45) is 2.46. The van der Waals surface area contributed by atoms with Gasteiger partial charge in [-0.3, -0.25) is 9.78 Å². The third kappa shape index (κ3) is 3.40. The molecule has 0 unspecified atom stereocenters. The zero-order valence-corrected chi connectivity index (χ0v) is 15.8. The van der Waals surface area contributed by atoms with Crippen LogP contribution in [0.5, 0.6) is 5.75 Å². The molecule has 1 amide bonds. The number of carbonyl (C=O) groups is 1. The van der Waals surface area contributed by atoms with Crippen molar-refractivity contribution >= 4 is 33.2 Å². The first-order valence-corrected chi connectivity index (χ1v) is 9.72. The number of nitrogens with zero attached hydrogens (tertiary/aromatic N) is 1. The Hall–Kier alpha value is -2.86. The number of thiophene rings is 1. The first-order chi connectivity index (χ1) is 13.2. The van der Waals surface area contributed by atoms with Crippen LogP contribution in [0.2, 0.25) is 0 Å². The Balaban J connectivity index is 1.61. The summed E-state index contributed by atoms with van der Waals surface area (Å²) in [7, 11) is 0. The van der Waals surface area contributed by atoms with Gasteiger partial charge in [-0.15, -0.1) is 11.3 Å². The highest BCUT2D eigenvalue weighted by molar-refractivity contribution is 7.21. The molecule has 6 heteroatoms. The topological polar surface area (TPSA) is 60.5 Å². The van der Waals surface area contributed by atoms with Crippen molar-refractivity contribution < 1.29 is 14.3 Å². The zero-order chi connectivity index (χ0) is 18.8. The van der Waals surface area contributed by atoms with Crippen molar-refractivity contribution in [1.29, 1.82) is 0 Å². The average Bonchev–Trinajstić information content (AvgIpc) is 3.13. The maximum absolute atomic E-state index is 12.9. The number of rotatable bonds is 5. The first-order valence-electron chi connectivity index (χ1n) is 8.90. The van der Waals surface area contributed by atoms with Crippen LogP contribution in [-0.4, -0.2) is 24.1 Å². The summed E-state index contributed by atoms with van der Waals surface area (Å²) < 4.78 is 12.1. The molecule has 138 valence electrons. The molecular weight excluding hydrogens is 360 g/mol. The third-order valence-electron chi connectivity index (χ3n) is 4.52. The van der Waals surface area contributed by atoms with Gasteiger partial charge < -0.3 is 14.8 Å². The minimum Gasteiger partial charge on any atom is -0.494 e. The van der Waals surface area contributed by atoms with Crippen molar-refractivity contribution in [2.24, 2.45) is 0 Å². The quantitative estimate of drug-likeness (QED) is 0.660. The summed E-state index contributed by atoms with van der Waals surface area (Å²) >= 11 is 1.41. The van der Waals surface area contributed by atoms with E-state index in [2.05, 4.69) is 16.9 Å². The minimum absolute atomic E-state index is 0.0570. The fourth-order valence-electron chi connectivity index (χ4n) is 3.24. The number of fused-ring (bicyclic) bond motifs is 2. The molecule has 0 fully saturated rings. The van der Waals surface area contributed by atoms with E-state index in [0.29, 0.717) is 23.9 Å². The van der Waals surface area contributed by atoms with E-state index < -0.39 is 0 Å². The molecular formula is C21H20N2O3S. The molecule has 2 aromatic heterocycles. The number of pyridine rings is 1. The van der Waals surface area contributed by atoms with Crippen molar-refractivity contribution in [2.75, 3.05) is 13.2 Å². The smallest absolute Gasteiger partial charge is 0.261 e. The number of hydrogen-bond donors (Lipinski definition) is 1. The second-order valence-electron chi connectivity index (χ2n) is 6.24. The van der Waals surface area contributed by atoms with Crippen LogP contribution < -0.4 is 10.1 Å². The summed E-state index contributed by atoms with van der Waals surface area (Å²) in [5.74, 6) is 1.33. The monoisotopic (exact) mass is 380 g/mol. The molecule has 0 aliphatic carbocycles. The van der Waals surface area contributed by atoms with Gasteiger partial charge in [-0.1, -0.05) is 24.8 Å². The van der Waals surface area contributed by atoms with Gasteiger partial charge in [0, 0.05) is 23.7 Å². The highest BCUT2D eigenvalue weighted by atomic mass is 32.1. The molecule has 5 nitrogen and oxygen atoms in total. The normalized spacial score (nSPS) is 15.7. The van der Waals surface area contributed by atoms with Gasteiger partial charge in [0.1, 0.15) is 11.5 Å². The molecule has 3 aromatic rings. The minimum atomic E-state index is -0.104. The summed E-state index contributed by atoms with van der Waals surface area (Å²) in [6, 6.07) is 11.5. The third-order valence-corrected chi connectivity index (χ3v) is 5.67. The number of ether oxygens (including phenoxy) is 2. The maximum Gasteiger partial charge on any atom is 0.261 e. The Morgan fingerprint density at radius 2 is 2.26 bits per heavy atom. The zero-order valence-electron chi connectivity index (χ0n) is 15.0. The molecule has 1 aliphatic heterocycles. The largest absolute Gasteiger partial charge is 0.494 e. The van der Waals surface area contributed by atoms with E-state index in [1.165, 1.54) is 11.3 Å². The predicted octanol–water partition coefficient (Wildman–Crippen LogP) is 4.56. The lowest BCUT2D eigenvalue weighted by atomic mass is 10.0. The summed E-state index contributed by atoms with van der Waals surface area (Å²) in [4.78, 5) is 17.9. The van der Waals surface area contributed by atoms with Gasteiger partial charge in [0.15, 0.2) is 0 Å². The van der Waals surface area contributed by atoms with Gasteiger partial charge in [-0.05, 0) is 25.1 Å². The maximum atomic E-state index is 12.9. The van der Waals surface area contributed by atoms with Gasteiger partial charge in [0.05, 0.1) is 34.3 Å². The van der Waals surface area contributed by atoms with Crippen LogP contribution >= 0.6 is 11.3 Å². The summed E-state index contributed by atoms with van der Waals surface area (Å²) in [5.41, 5.74) is 2.67. The SMILES string of the molecule is C=C(OCC)c1ccnc2cc(C(=O)N[C@H]3CCOc4ccccc43)sc12. The fourth-order valence-corrected chi connectivity index (χ4v) is 4.29. The second kappa shape index (κ2) is 7.40. The van der Waals surface area contributed by atoms with E-state index in [0.717, 1.165) is 33.5 Å². The molecule has 1 aliphatic rings. The number of aromatic nitrogens is 1. The lowest BCUT2D eigenvalue weighted by molar-refractivity contribution is 0.0929. The van der Waals surface area contributed by atoms with E-state index in [4.69, 9.17) is 9.47 Å². The first kappa shape index (κ1) is 17.5. The van der Waals surface area contributed by atoms with E-state index in [1.807, 2.05) is 43.3 Å². The highest BCUT2D eigenvalue weighted by Crippen LogP contribution is 2.34. The van der Waals surface area contributed by atoms with E-state index >= 15 is 0 Å². The lowest BCUT2D eigenvalue weighted by Gasteiger charge is -2.26. The standard InChI is InChI=1S/C21H20N2O3S/c1-3-25-13(2)14-8-10-22-17-12-19(27-20(14)17)21(24)23-16-9-11-26-18-7-5-4-6-15(16)18/h4-8,10,12,16H,2-3,9,11H2,1H3,(H,23,24)/t16-/m0/s1. The van der Waals surface area contributed by atoms with Crippen LogP contribution in [0.4, 0.5) is 0 Å². The van der Waals surface area contributed by atoms with Crippen molar-refractivity contribution in [3.8, 4) is 5.75 Å². The van der Waals surface area contributed by atoms with Gasteiger partial charge in [-0.2, -0.15) is 0 Å². The van der Waals surface area contributed by atoms with Gasteiger partial charge in [-0.25, -0.2) is 0 Å². The van der Waals surface area contributed by atoms with Gasteiger partial charge in [0.2, 0.25) is 0 Å². The fraction of sp³-hybridized carbons (Fsp3) is 0.238. The molecule has 4 rings (SSSR count). The molecule has 0 bridgehead atoms. The van der Waals surface area contributed by atoms with Crippen LogP contribution in [0.1, 0.15) is 40.2 Å². The van der Waals surface area contributed by atoms with Crippen LogP contribution in [-0.2, 0) is 4.74 Å². The Kier molecular flexibility index (Phi) is 4.81. The summed E-state index contributed by atoms with van der Waals surface area (Å²) in [5, 5.41) is 3.14. The van der Waals surface area contributed by atoms with Crippen LogP contribution in [0.25, 0.3) is 16.0 Å². The molecule has 0 saturated heterocycles. The van der Waals surface area contributed by atoms with Crippen molar-refractivity contribution in [3.63, 3.8) is 0 Å². The Labute approximate surface area is 161 Å².